The molecule has 198 valence electrons. The van der Waals surface area contributed by atoms with Gasteiger partial charge in [-0.05, 0) is 32.8 Å². The summed E-state index contributed by atoms with van der Waals surface area (Å²) < 4.78 is 81.6. The SMILES string of the molecule is Cc1nc(N[C@H](C)c2cccc(C(F)F)c2F)c2cc(P3(=O)CCN(S(=O)(=O)C4CC4)CC3)ncc2n1. The monoisotopic (exact) mass is 553 g/mol. The first-order valence-corrected chi connectivity index (χ1v) is 15.6. The second-order valence-electron chi connectivity index (χ2n) is 9.58. The summed E-state index contributed by atoms with van der Waals surface area (Å²) in [6.45, 7) is 3.68. The van der Waals surface area contributed by atoms with Crippen LogP contribution in [-0.4, -0.2) is 58.3 Å². The summed E-state index contributed by atoms with van der Waals surface area (Å²) in [5.41, 5.74) is 0.231. The first kappa shape index (κ1) is 26.1. The molecule has 2 aliphatic rings. The Bertz CT molecular complexity index is 1500. The molecule has 1 saturated carbocycles. The third-order valence-electron chi connectivity index (χ3n) is 6.94. The van der Waals surface area contributed by atoms with Crippen LogP contribution in [0.15, 0.2) is 30.5 Å². The number of nitrogens with zero attached hydrogens (tertiary/aromatic N) is 4. The molecule has 5 rings (SSSR count). The summed E-state index contributed by atoms with van der Waals surface area (Å²) in [5.74, 6) is -0.224. The lowest BCUT2D eigenvalue weighted by Gasteiger charge is -2.31. The number of pyridine rings is 1. The summed E-state index contributed by atoms with van der Waals surface area (Å²) in [4.78, 5) is 13.2. The zero-order chi connectivity index (χ0) is 26.5. The average Bonchev–Trinajstić information content (AvgIpc) is 3.70. The van der Waals surface area contributed by atoms with Crippen molar-refractivity contribution in [1.29, 1.82) is 0 Å². The van der Waals surface area contributed by atoms with Crippen molar-refractivity contribution < 1.29 is 26.2 Å². The second kappa shape index (κ2) is 9.63. The number of aromatic nitrogens is 3. The van der Waals surface area contributed by atoms with Crippen molar-refractivity contribution in [3.05, 3.63) is 53.2 Å². The van der Waals surface area contributed by atoms with Crippen LogP contribution in [0.2, 0.25) is 0 Å². The Morgan fingerprint density at radius 3 is 2.46 bits per heavy atom. The van der Waals surface area contributed by atoms with Crippen LogP contribution in [0.25, 0.3) is 10.9 Å². The van der Waals surface area contributed by atoms with Crippen molar-refractivity contribution in [2.45, 2.75) is 44.4 Å². The van der Waals surface area contributed by atoms with E-state index in [2.05, 4.69) is 20.3 Å². The molecule has 1 aliphatic heterocycles. The van der Waals surface area contributed by atoms with Gasteiger partial charge >= 0.3 is 0 Å². The van der Waals surface area contributed by atoms with E-state index in [0.29, 0.717) is 40.8 Å². The smallest absolute Gasteiger partial charge is 0.266 e. The Balaban J connectivity index is 1.44. The van der Waals surface area contributed by atoms with Crippen molar-refractivity contribution in [2.75, 3.05) is 30.7 Å². The van der Waals surface area contributed by atoms with Crippen LogP contribution in [0.4, 0.5) is 19.0 Å². The number of halogens is 3. The van der Waals surface area contributed by atoms with E-state index in [4.69, 9.17) is 0 Å². The van der Waals surface area contributed by atoms with E-state index in [-0.39, 0.29) is 36.2 Å². The highest BCUT2D eigenvalue weighted by Gasteiger charge is 2.43. The van der Waals surface area contributed by atoms with E-state index in [1.807, 2.05) is 0 Å². The van der Waals surface area contributed by atoms with Crippen LogP contribution in [-0.2, 0) is 14.6 Å². The van der Waals surface area contributed by atoms with Gasteiger partial charge in [0.2, 0.25) is 10.0 Å². The number of fused-ring (bicyclic) bond motifs is 1. The van der Waals surface area contributed by atoms with Crippen LogP contribution in [0.3, 0.4) is 0 Å². The Kier molecular flexibility index (Phi) is 6.79. The number of nitrogens with one attached hydrogen (secondary N) is 1. The van der Waals surface area contributed by atoms with Gasteiger partial charge in [-0.25, -0.2) is 35.9 Å². The van der Waals surface area contributed by atoms with E-state index in [1.54, 1.807) is 19.9 Å². The van der Waals surface area contributed by atoms with E-state index < -0.39 is 41.0 Å². The maximum absolute atomic E-state index is 14.7. The molecule has 8 nitrogen and oxygen atoms in total. The number of anilines is 1. The van der Waals surface area contributed by atoms with Gasteiger partial charge in [0.25, 0.3) is 6.43 Å². The van der Waals surface area contributed by atoms with E-state index in [0.717, 1.165) is 6.07 Å². The molecule has 1 saturated heterocycles. The fourth-order valence-corrected chi connectivity index (χ4v) is 9.21. The van der Waals surface area contributed by atoms with Crippen molar-refractivity contribution in [3.8, 4) is 0 Å². The molecule has 2 aromatic heterocycles. The molecule has 37 heavy (non-hydrogen) atoms. The fourth-order valence-electron chi connectivity index (χ4n) is 4.65. The Morgan fingerprint density at radius 2 is 1.81 bits per heavy atom. The number of sulfonamides is 1. The number of benzene rings is 1. The Labute approximate surface area is 213 Å². The third kappa shape index (κ3) is 4.98. The Hall–Kier alpha value is -2.56. The molecule has 3 heterocycles. The summed E-state index contributed by atoms with van der Waals surface area (Å²) in [6.07, 6.45) is 0.287. The summed E-state index contributed by atoms with van der Waals surface area (Å²) in [6, 6.07) is 4.80. The molecule has 1 aliphatic carbocycles. The number of aryl methyl sites for hydroxylation is 1. The highest BCUT2D eigenvalue weighted by molar-refractivity contribution is 7.90. The quantitative estimate of drug-likeness (QED) is 0.433. The summed E-state index contributed by atoms with van der Waals surface area (Å²) in [7, 11) is -6.32. The van der Waals surface area contributed by atoms with E-state index in [9.17, 15) is 26.2 Å². The van der Waals surface area contributed by atoms with Gasteiger partial charge in [-0.2, -0.15) is 0 Å². The number of hydrogen-bond acceptors (Lipinski definition) is 7. The van der Waals surface area contributed by atoms with Crippen LogP contribution in [0, 0.1) is 12.7 Å². The predicted molar refractivity (Wildman–Crippen MR) is 136 cm³/mol. The van der Waals surface area contributed by atoms with Gasteiger partial charge in [-0.1, -0.05) is 18.2 Å². The average molecular weight is 554 g/mol. The van der Waals surface area contributed by atoms with E-state index >= 15 is 0 Å². The fraction of sp³-hybridized carbons (Fsp3) is 0.458. The van der Waals surface area contributed by atoms with Gasteiger partial charge in [0.15, 0.2) is 0 Å². The molecule has 13 heteroatoms. The zero-order valence-corrected chi connectivity index (χ0v) is 22.1. The van der Waals surface area contributed by atoms with Crippen LogP contribution >= 0.6 is 7.14 Å². The Morgan fingerprint density at radius 1 is 1.14 bits per heavy atom. The lowest BCUT2D eigenvalue weighted by Crippen LogP contribution is -2.42. The molecule has 2 fully saturated rings. The highest BCUT2D eigenvalue weighted by Crippen LogP contribution is 2.47. The molecule has 3 aromatic rings. The zero-order valence-electron chi connectivity index (χ0n) is 20.4. The molecule has 0 bridgehead atoms. The molecule has 1 aromatic carbocycles. The predicted octanol–water partition coefficient (Wildman–Crippen LogP) is 4.38. The van der Waals surface area contributed by atoms with Crippen LogP contribution < -0.4 is 10.8 Å². The van der Waals surface area contributed by atoms with Gasteiger partial charge in [-0.15, -0.1) is 0 Å². The molecule has 1 atom stereocenters. The number of hydrogen-bond donors (Lipinski definition) is 1. The van der Waals surface area contributed by atoms with Gasteiger partial charge < -0.3 is 9.88 Å². The molecular weight excluding hydrogens is 526 g/mol. The van der Waals surface area contributed by atoms with Gasteiger partial charge in [0, 0.05) is 36.4 Å². The highest BCUT2D eigenvalue weighted by atomic mass is 32.2. The van der Waals surface area contributed by atoms with Crippen LogP contribution in [0.5, 0.6) is 0 Å². The van der Waals surface area contributed by atoms with Crippen molar-refractivity contribution in [2.24, 2.45) is 0 Å². The summed E-state index contributed by atoms with van der Waals surface area (Å²) in [5, 5.41) is 3.29. The normalized spacial score (nSPS) is 19.3. The largest absolute Gasteiger partial charge is 0.363 e. The van der Waals surface area contributed by atoms with Crippen LogP contribution in [0.1, 0.15) is 49.2 Å². The van der Waals surface area contributed by atoms with Crippen molar-refractivity contribution in [3.63, 3.8) is 0 Å². The van der Waals surface area contributed by atoms with Gasteiger partial charge in [0.1, 0.15) is 30.0 Å². The standard InChI is InChI=1S/C24H27F3N5O3PS/c1-14(17-4-3-5-18(22(17)25)23(26)27)29-24-19-12-21(28-13-20(19)30-15(2)31-24)36(33)10-8-32(9-11-36)37(34,35)16-6-7-16/h3-5,12-14,16,23H,6-11H2,1-2H3,(H,29,30,31)/t14-/m1/s1. The lowest BCUT2D eigenvalue weighted by molar-refractivity contribution is 0.146. The summed E-state index contributed by atoms with van der Waals surface area (Å²) >= 11 is 0. The molecule has 0 unspecified atom stereocenters. The third-order valence-corrected chi connectivity index (χ3v) is 12.3. The van der Waals surface area contributed by atoms with Gasteiger partial charge in [-0.3, -0.25) is 4.98 Å². The lowest BCUT2D eigenvalue weighted by atomic mass is 10.0. The minimum atomic E-state index is -3.34. The minimum Gasteiger partial charge on any atom is -0.363 e. The first-order valence-electron chi connectivity index (χ1n) is 12.0. The topological polar surface area (TPSA) is 105 Å². The maximum Gasteiger partial charge on any atom is 0.266 e. The maximum atomic E-state index is 14.7. The van der Waals surface area contributed by atoms with E-state index in [1.165, 1.54) is 22.6 Å². The molecular formula is C24H27F3N5O3PS. The molecule has 0 radical (unpaired) electrons. The molecule has 1 N–H and O–H groups in total. The van der Waals surface area contributed by atoms with Crippen molar-refractivity contribution >= 4 is 39.3 Å². The molecule has 0 amide bonds. The van der Waals surface area contributed by atoms with Gasteiger partial charge in [0.05, 0.1) is 28.6 Å². The molecule has 0 spiro atoms. The first-order chi connectivity index (χ1) is 17.5. The second-order valence-corrected chi connectivity index (χ2v) is 14.9. The number of alkyl halides is 2. The number of rotatable bonds is 7. The minimum absolute atomic E-state index is 0.0635. The van der Waals surface area contributed by atoms with Crippen molar-refractivity contribution in [1.82, 2.24) is 19.3 Å².